The van der Waals surface area contributed by atoms with Crippen LogP contribution in [0.25, 0.3) is 0 Å². The molecule has 0 saturated heterocycles. The van der Waals surface area contributed by atoms with E-state index in [4.69, 9.17) is 30.8 Å². The standard InChI is InChI=1S/C26H29ClN4O5/c1-23(2,3)36-22(33)30-21-31-26(14-34-21)17-12-16(29-20(32)18-8-6-15(27)13-28-18)7-9-19(17)35-24(4,5)25(26)10-11-25/h6-9,12-13H,10-11,14H2,1-5H3,(H,29,32)(H,30,31,33). The van der Waals surface area contributed by atoms with Crippen LogP contribution in [0.5, 0.6) is 5.75 Å². The Morgan fingerprint density at radius 1 is 1.11 bits per heavy atom. The number of aromatic nitrogens is 1. The molecule has 2 spiro atoms. The topological polar surface area (TPSA) is 111 Å². The number of halogens is 1. The van der Waals surface area contributed by atoms with Crippen LogP contribution >= 0.6 is 11.6 Å². The lowest BCUT2D eigenvalue weighted by Gasteiger charge is -2.49. The van der Waals surface area contributed by atoms with Crippen LogP contribution in [0, 0.1) is 5.41 Å². The summed E-state index contributed by atoms with van der Waals surface area (Å²) in [6.45, 7) is 9.71. The van der Waals surface area contributed by atoms with Gasteiger partial charge in [0.05, 0.1) is 5.02 Å². The second-order valence-electron chi connectivity index (χ2n) is 10.9. The van der Waals surface area contributed by atoms with Crippen molar-refractivity contribution in [1.82, 2.24) is 10.3 Å². The van der Waals surface area contributed by atoms with Crippen LogP contribution in [-0.4, -0.2) is 40.8 Å². The number of nitrogens with zero attached hydrogens (tertiary/aromatic N) is 2. The van der Waals surface area contributed by atoms with E-state index in [2.05, 4.69) is 29.5 Å². The summed E-state index contributed by atoms with van der Waals surface area (Å²) in [5.41, 5.74) is -0.698. The Morgan fingerprint density at radius 3 is 2.50 bits per heavy atom. The molecule has 1 aliphatic carbocycles. The molecule has 0 radical (unpaired) electrons. The molecule has 0 bridgehead atoms. The Balaban J connectivity index is 1.50. The van der Waals surface area contributed by atoms with E-state index in [-0.39, 0.29) is 29.6 Å². The number of amides is 2. The number of fused-ring (bicyclic) bond motifs is 3. The summed E-state index contributed by atoms with van der Waals surface area (Å²) in [5, 5.41) is 5.98. The van der Waals surface area contributed by atoms with Crippen molar-refractivity contribution in [2.45, 2.75) is 64.2 Å². The highest BCUT2D eigenvalue weighted by Gasteiger charge is 2.73. The first kappa shape index (κ1) is 24.4. The number of carbonyl (C=O) groups excluding carboxylic acids is 2. The molecule has 1 aromatic heterocycles. The molecule has 10 heteroatoms. The fraction of sp³-hybridized carbons (Fsp3) is 0.462. The average Bonchev–Trinajstić information content (AvgIpc) is 3.50. The molecule has 2 amide bonds. The van der Waals surface area contributed by atoms with Gasteiger partial charge in [-0.25, -0.2) is 20.1 Å². The maximum atomic E-state index is 12.8. The summed E-state index contributed by atoms with van der Waals surface area (Å²) in [4.78, 5) is 34.2. The fourth-order valence-corrected chi connectivity index (χ4v) is 5.35. The van der Waals surface area contributed by atoms with Crippen molar-refractivity contribution >= 4 is 35.3 Å². The van der Waals surface area contributed by atoms with Crippen LogP contribution in [0.15, 0.2) is 41.5 Å². The van der Waals surface area contributed by atoms with E-state index < -0.39 is 22.8 Å². The van der Waals surface area contributed by atoms with E-state index in [1.54, 1.807) is 39.0 Å². The second-order valence-corrected chi connectivity index (χ2v) is 11.4. The van der Waals surface area contributed by atoms with E-state index in [9.17, 15) is 9.59 Å². The molecule has 1 atom stereocenters. The number of rotatable bonds is 2. The van der Waals surface area contributed by atoms with Gasteiger partial charge in [0.2, 0.25) is 0 Å². The molecule has 1 aromatic carbocycles. The monoisotopic (exact) mass is 512 g/mol. The maximum Gasteiger partial charge on any atom is 0.415 e. The first-order valence-electron chi connectivity index (χ1n) is 11.8. The molecule has 36 heavy (non-hydrogen) atoms. The SMILES string of the molecule is CC(C)(C)OC(=O)NC1=NC2(CO1)c1cc(NC(=O)c3ccc(Cl)cn3)ccc1OC(C)(C)C21CC1. The minimum absolute atomic E-state index is 0.110. The first-order chi connectivity index (χ1) is 16.8. The third-order valence-electron chi connectivity index (χ3n) is 7.02. The van der Waals surface area contributed by atoms with Gasteiger partial charge in [0.25, 0.3) is 11.9 Å². The summed E-state index contributed by atoms with van der Waals surface area (Å²) >= 11 is 5.89. The zero-order valence-electron chi connectivity index (χ0n) is 20.9. The van der Waals surface area contributed by atoms with Gasteiger partial charge >= 0.3 is 6.09 Å². The number of nitrogens with one attached hydrogen (secondary N) is 2. The van der Waals surface area contributed by atoms with Gasteiger partial charge in [-0.05, 0) is 77.8 Å². The smallest absolute Gasteiger partial charge is 0.415 e. The minimum Gasteiger partial charge on any atom is -0.487 e. The highest BCUT2D eigenvalue weighted by atomic mass is 35.5. The van der Waals surface area contributed by atoms with Crippen molar-refractivity contribution in [3.63, 3.8) is 0 Å². The molecule has 1 saturated carbocycles. The van der Waals surface area contributed by atoms with Crippen LogP contribution < -0.4 is 15.4 Å². The van der Waals surface area contributed by atoms with Crippen molar-refractivity contribution in [1.29, 1.82) is 0 Å². The average molecular weight is 513 g/mol. The first-order valence-corrected chi connectivity index (χ1v) is 12.2. The van der Waals surface area contributed by atoms with Crippen molar-refractivity contribution < 1.29 is 23.8 Å². The highest BCUT2D eigenvalue weighted by molar-refractivity contribution is 6.30. The van der Waals surface area contributed by atoms with Gasteiger partial charge in [-0.1, -0.05) is 11.6 Å². The van der Waals surface area contributed by atoms with Crippen LogP contribution in [0.4, 0.5) is 10.5 Å². The number of hydrogen-bond acceptors (Lipinski definition) is 7. The third-order valence-corrected chi connectivity index (χ3v) is 7.24. The molecule has 1 fully saturated rings. The molecule has 5 rings (SSSR count). The molecule has 190 valence electrons. The van der Waals surface area contributed by atoms with Gasteiger partial charge in [-0.15, -0.1) is 0 Å². The molecule has 3 aliphatic rings. The molecular formula is C26H29ClN4O5. The van der Waals surface area contributed by atoms with Crippen LogP contribution in [0.1, 0.15) is 63.5 Å². The lowest BCUT2D eigenvalue weighted by atomic mass is 9.66. The molecule has 2 N–H and O–H groups in total. The number of alkyl carbamates (subject to hydrolysis) is 1. The number of carbonyl (C=O) groups is 2. The highest BCUT2D eigenvalue weighted by Crippen LogP contribution is 2.71. The normalized spacial score (nSPS) is 22.7. The number of benzene rings is 1. The predicted octanol–water partition coefficient (Wildman–Crippen LogP) is 5.04. The molecule has 9 nitrogen and oxygen atoms in total. The number of aliphatic imine (C=N–C) groups is 1. The maximum absolute atomic E-state index is 12.8. The zero-order valence-corrected chi connectivity index (χ0v) is 21.7. The quantitative estimate of drug-likeness (QED) is 0.582. The largest absolute Gasteiger partial charge is 0.487 e. The number of ether oxygens (including phenoxy) is 3. The van der Waals surface area contributed by atoms with Gasteiger partial charge in [0, 0.05) is 22.9 Å². The number of hydrogen-bond donors (Lipinski definition) is 2. The van der Waals surface area contributed by atoms with Crippen molar-refractivity contribution in [2.24, 2.45) is 10.4 Å². The Morgan fingerprint density at radius 2 is 1.86 bits per heavy atom. The lowest BCUT2D eigenvalue weighted by molar-refractivity contribution is -0.0478. The van der Waals surface area contributed by atoms with E-state index >= 15 is 0 Å². The molecule has 1 unspecified atom stereocenters. The fourth-order valence-electron chi connectivity index (χ4n) is 5.24. The molecule has 2 aromatic rings. The van der Waals surface area contributed by atoms with Gasteiger partial charge in [0.1, 0.15) is 34.8 Å². The molecule has 3 heterocycles. The zero-order chi connectivity index (χ0) is 25.9. The van der Waals surface area contributed by atoms with Gasteiger partial charge in [-0.2, -0.15) is 0 Å². The van der Waals surface area contributed by atoms with Crippen molar-refractivity contribution in [3.8, 4) is 5.75 Å². The Bertz CT molecular complexity index is 1260. The minimum atomic E-state index is -0.798. The number of amidine groups is 1. The summed E-state index contributed by atoms with van der Waals surface area (Å²) in [6.07, 6.45) is 2.56. The van der Waals surface area contributed by atoms with Crippen molar-refractivity contribution in [3.05, 3.63) is 52.8 Å². The van der Waals surface area contributed by atoms with Crippen LogP contribution in [0.3, 0.4) is 0 Å². The third kappa shape index (κ3) is 4.05. The van der Waals surface area contributed by atoms with Crippen LogP contribution in [0.2, 0.25) is 5.02 Å². The summed E-state index contributed by atoms with van der Waals surface area (Å²) < 4.78 is 17.7. The predicted molar refractivity (Wildman–Crippen MR) is 134 cm³/mol. The number of pyridine rings is 1. The number of anilines is 1. The lowest BCUT2D eigenvalue weighted by Crippen LogP contribution is -2.55. The van der Waals surface area contributed by atoms with E-state index in [1.165, 1.54) is 6.20 Å². The van der Waals surface area contributed by atoms with E-state index in [0.29, 0.717) is 16.5 Å². The summed E-state index contributed by atoms with van der Waals surface area (Å²) in [5.74, 6) is 0.295. The van der Waals surface area contributed by atoms with Crippen molar-refractivity contribution in [2.75, 3.05) is 11.9 Å². The Kier molecular flexibility index (Phi) is 5.48. The second kappa shape index (κ2) is 8.09. The summed E-state index contributed by atoms with van der Waals surface area (Å²) in [6, 6.07) is 8.75. The van der Waals surface area contributed by atoms with E-state index in [0.717, 1.165) is 18.4 Å². The van der Waals surface area contributed by atoms with Crippen LogP contribution in [-0.2, 0) is 15.0 Å². The summed E-state index contributed by atoms with van der Waals surface area (Å²) in [7, 11) is 0. The Labute approximate surface area is 214 Å². The van der Waals surface area contributed by atoms with Gasteiger partial charge in [-0.3, -0.25) is 4.79 Å². The van der Waals surface area contributed by atoms with Gasteiger partial charge < -0.3 is 19.5 Å². The molecule has 2 aliphatic heterocycles. The van der Waals surface area contributed by atoms with Gasteiger partial charge in [0.15, 0.2) is 0 Å². The Hall–Kier alpha value is -3.33. The molecular weight excluding hydrogens is 484 g/mol. The van der Waals surface area contributed by atoms with E-state index in [1.807, 2.05) is 12.1 Å².